The van der Waals surface area contributed by atoms with E-state index in [2.05, 4.69) is 15.7 Å². The molecule has 1 aliphatic heterocycles. The van der Waals surface area contributed by atoms with Crippen LogP contribution in [0.5, 0.6) is 0 Å². The molecule has 26 heavy (non-hydrogen) atoms. The maximum absolute atomic E-state index is 12.9. The Labute approximate surface area is 159 Å². The highest BCUT2D eigenvalue weighted by Crippen LogP contribution is 2.36. The first-order valence-corrected chi connectivity index (χ1v) is 8.00. The quantitative estimate of drug-likeness (QED) is 0.817. The molecule has 5 nitrogen and oxygen atoms in total. The number of aromatic nitrogens is 2. The zero-order valence-electron chi connectivity index (χ0n) is 13.7. The van der Waals surface area contributed by atoms with Gasteiger partial charge in [0.2, 0.25) is 5.91 Å². The van der Waals surface area contributed by atoms with Gasteiger partial charge in [0.15, 0.2) is 0 Å². The Morgan fingerprint density at radius 3 is 2.73 bits per heavy atom. The Bertz CT molecular complexity index is 794. The number of rotatable bonds is 3. The number of carbonyl (C=O) groups is 1. The minimum absolute atomic E-state index is 0. The van der Waals surface area contributed by atoms with Crippen molar-refractivity contribution < 1.29 is 18.0 Å². The monoisotopic (exact) mass is 408 g/mol. The molecule has 2 N–H and O–H groups in total. The van der Waals surface area contributed by atoms with Crippen molar-refractivity contribution in [1.29, 1.82) is 0 Å². The van der Waals surface area contributed by atoms with Crippen LogP contribution < -0.4 is 10.6 Å². The van der Waals surface area contributed by atoms with Crippen LogP contribution in [0.15, 0.2) is 30.6 Å². The molecule has 0 saturated carbocycles. The predicted octanol–water partition coefficient (Wildman–Crippen LogP) is 3.46. The zero-order valence-corrected chi connectivity index (χ0v) is 15.3. The van der Waals surface area contributed by atoms with E-state index in [0.29, 0.717) is 13.1 Å². The number of alkyl halides is 3. The van der Waals surface area contributed by atoms with Gasteiger partial charge in [-0.15, -0.1) is 12.4 Å². The van der Waals surface area contributed by atoms with Gasteiger partial charge in [-0.25, -0.2) is 0 Å². The fourth-order valence-corrected chi connectivity index (χ4v) is 3.22. The number of hydrogen-bond acceptors (Lipinski definition) is 3. The number of hydrogen-bond donors (Lipinski definition) is 2. The van der Waals surface area contributed by atoms with Gasteiger partial charge in [0.05, 0.1) is 22.7 Å². The van der Waals surface area contributed by atoms with Crippen molar-refractivity contribution in [1.82, 2.24) is 15.1 Å². The van der Waals surface area contributed by atoms with E-state index in [-0.39, 0.29) is 29.9 Å². The molecule has 1 fully saturated rings. The van der Waals surface area contributed by atoms with Crippen molar-refractivity contribution in [2.75, 3.05) is 18.4 Å². The highest BCUT2D eigenvalue weighted by molar-refractivity contribution is 6.31. The van der Waals surface area contributed by atoms with Gasteiger partial charge in [-0.2, -0.15) is 18.3 Å². The van der Waals surface area contributed by atoms with Crippen molar-refractivity contribution in [2.45, 2.75) is 12.1 Å². The van der Waals surface area contributed by atoms with Crippen LogP contribution in [0, 0.1) is 5.92 Å². The summed E-state index contributed by atoms with van der Waals surface area (Å²) in [7, 11) is 1.79. The van der Waals surface area contributed by atoms with Gasteiger partial charge in [-0.3, -0.25) is 9.48 Å². The molecule has 0 unspecified atom stereocenters. The summed E-state index contributed by atoms with van der Waals surface area (Å²) >= 11 is 5.60. The second-order valence-electron chi connectivity index (χ2n) is 6.00. The van der Waals surface area contributed by atoms with E-state index in [1.165, 1.54) is 6.07 Å². The third-order valence-corrected chi connectivity index (χ3v) is 4.57. The fourth-order valence-electron chi connectivity index (χ4n) is 2.99. The number of carbonyl (C=O) groups excluding carboxylic acids is 1. The summed E-state index contributed by atoms with van der Waals surface area (Å²) in [4.78, 5) is 12.6. The lowest BCUT2D eigenvalue weighted by Crippen LogP contribution is -2.28. The van der Waals surface area contributed by atoms with Crippen LogP contribution in [-0.2, 0) is 18.0 Å². The number of aryl methyl sites for hydroxylation is 1. The summed E-state index contributed by atoms with van der Waals surface area (Å²) in [6.45, 7) is 1.06. The lowest BCUT2D eigenvalue weighted by atomic mass is 9.90. The minimum Gasteiger partial charge on any atom is -0.326 e. The molecule has 1 aromatic carbocycles. The number of amides is 1. The van der Waals surface area contributed by atoms with Gasteiger partial charge in [0, 0.05) is 37.9 Å². The van der Waals surface area contributed by atoms with E-state index in [4.69, 9.17) is 11.6 Å². The molecule has 1 aromatic heterocycles. The van der Waals surface area contributed by atoms with Crippen LogP contribution in [0.25, 0.3) is 0 Å². The van der Waals surface area contributed by atoms with Crippen molar-refractivity contribution in [3.05, 3.63) is 46.7 Å². The highest BCUT2D eigenvalue weighted by atomic mass is 35.5. The molecule has 2 aromatic rings. The summed E-state index contributed by atoms with van der Waals surface area (Å²) in [6.07, 6.45) is -1.05. The van der Waals surface area contributed by atoms with Crippen LogP contribution in [-0.4, -0.2) is 28.8 Å². The van der Waals surface area contributed by atoms with Gasteiger partial charge in [-0.1, -0.05) is 11.6 Å². The van der Waals surface area contributed by atoms with Gasteiger partial charge in [-0.05, 0) is 23.8 Å². The lowest BCUT2D eigenvalue weighted by Gasteiger charge is -2.18. The standard InChI is InChI=1S/C16H16ClF3N4O.ClH/c1-24-8-9(5-22-24)11-6-21-7-12(11)15(25)23-10-2-3-14(17)13(4-10)16(18,19)20;/h2-5,8,11-12,21H,6-7H2,1H3,(H,23,25);1H/t11-,12+;/m1./s1. The number of benzene rings is 1. The molecular weight excluding hydrogens is 392 g/mol. The normalized spacial score (nSPS) is 19.9. The molecule has 0 radical (unpaired) electrons. The molecular formula is C16H17Cl2F3N4O. The largest absolute Gasteiger partial charge is 0.417 e. The van der Waals surface area contributed by atoms with Crippen LogP contribution in [0.1, 0.15) is 17.0 Å². The van der Waals surface area contributed by atoms with Crippen molar-refractivity contribution >= 4 is 35.6 Å². The van der Waals surface area contributed by atoms with Crippen LogP contribution in [0.3, 0.4) is 0 Å². The summed E-state index contributed by atoms with van der Waals surface area (Å²) in [6, 6.07) is 3.34. The van der Waals surface area contributed by atoms with E-state index in [9.17, 15) is 18.0 Å². The Morgan fingerprint density at radius 1 is 1.38 bits per heavy atom. The van der Waals surface area contributed by atoms with Crippen molar-refractivity contribution in [3.63, 3.8) is 0 Å². The molecule has 1 saturated heterocycles. The molecule has 1 aliphatic rings. The topological polar surface area (TPSA) is 59.0 Å². The van der Waals surface area contributed by atoms with Gasteiger partial charge >= 0.3 is 6.18 Å². The van der Waals surface area contributed by atoms with E-state index in [1.54, 1.807) is 17.9 Å². The first-order valence-electron chi connectivity index (χ1n) is 7.62. The van der Waals surface area contributed by atoms with E-state index in [0.717, 1.165) is 17.7 Å². The summed E-state index contributed by atoms with van der Waals surface area (Å²) in [5.41, 5.74) is 0.0126. The Morgan fingerprint density at radius 2 is 2.12 bits per heavy atom. The number of anilines is 1. The molecule has 142 valence electrons. The Kier molecular flexibility index (Phi) is 6.21. The molecule has 0 bridgehead atoms. The number of nitrogens with zero attached hydrogens (tertiary/aromatic N) is 2. The van der Waals surface area contributed by atoms with Crippen molar-refractivity contribution in [2.24, 2.45) is 13.0 Å². The average molecular weight is 409 g/mol. The lowest BCUT2D eigenvalue weighted by molar-refractivity contribution is -0.137. The van der Waals surface area contributed by atoms with E-state index >= 15 is 0 Å². The molecule has 0 spiro atoms. The molecule has 2 heterocycles. The van der Waals surface area contributed by atoms with Crippen LogP contribution in [0.4, 0.5) is 18.9 Å². The second-order valence-corrected chi connectivity index (χ2v) is 6.41. The average Bonchev–Trinajstić information content (AvgIpc) is 3.16. The summed E-state index contributed by atoms with van der Waals surface area (Å²) < 4.78 is 40.5. The fraction of sp³-hybridized carbons (Fsp3) is 0.375. The molecule has 10 heteroatoms. The molecule has 2 atom stereocenters. The smallest absolute Gasteiger partial charge is 0.326 e. The Hall–Kier alpha value is -1.77. The predicted molar refractivity (Wildman–Crippen MR) is 94.6 cm³/mol. The summed E-state index contributed by atoms with van der Waals surface area (Å²) in [5, 5.41) is 9.41. The Balaban J connectivity index is 0.00000243. The number of nitrogens with one attached hydrogen (secondary N) is 2. The SMILES string of the molecule is Cl.Cn1cc([C@H]2CNC[C@@H]2C(=O)Nc2ccc(Cl)c(C(F)(F)F)c2)cn1. The van der Waals surface area contributed by atoms with E-state index < -0.39 is 22.7 Å². The van der Waals surface area contributed by atoms with Crippen LogP contribution >= 0.6 is 24.0 Å². The zero-order chi connectivity index (χ0) is 18.2. The molecule has 0 aliphatic carbocycles. The maximum Gasteiger partial charge on any atom is 0.417 e. The van der Waals surface area contributed by atoms with Gasteiger partial charge in [0.1, 0.15) is 0 Å². The highest BCUT2D eigenvalue weighted by Gasteiger charge is 2.36. The third kappa shape index (κ3) is 4.31. The number of halogens is 5. The molecule has 1 amide bonds. The molecule has 3 rings (SSSR count). The van der Waals surface area contributed by atoms with Gasteiger partial charge in [0.25, 0.3) is 0 Å². The summed E-state index contributed by atoms with van der Waals surface area (Å²) in [5.74, 6) is -0.813. The maximum atomic E-state index is 12.9. The third-order valence-electron chi connectivity index (χ3n) is 4.24. The minimum atomic E-state index is -4.58. The van der Waals surface area contributed by atoms with Gasteiger partial charge < -0.3 is 10.6 Å². The first-order chi connectivity index (χ1) is 11.8. The second kappa shape index (κ2) is 7.85. The van der Waals surface area contributed by atoms with Crippen molar-refractivity contribution in [3.8, 4) is 0 Å². The van der Waals surface area contributed by atoms with Crippen LogP contribution in [0.2, 0.25) is 5.02 Å². The first kappa shape index (κ1) is 20.5. The van der Waals surface area contributed by atoms with E-state index in [1.807, 2.05) is 6.20 Å².